The third-order valence-corrected chi connectivity index (χ3v) is 6.52. The molecule has 1 saturated carbocycles. The third kappa shape index (κ3) is 4.79. The van der Waals surface area contributed by atoms with Gasteiger partial charge in [-0.05, 0) is 38.7 Å². The topological polar surface area (TPSA) is 58.5 Å². The number of nitrogens with one attached hydrogen (secondary N) is 2. The van der Waals surface area contributed by atoms with E-state index in [0.29, 0.717) is 0 Å². The van der Waals surface area contributed by atoms with Crippen molar-refractivity contribution in [2.24, 2.45) is 4.99 Å². The van der Waals surface area contributed by atoms with Gasteiger partial charge in [-0.15, -0.1) is 35.3 Å². The molecule has 2 aliphatic rings. The minimum Gasteiger partial charge on any atom is -0.487 e. The van der Waals surface area contributed by atoms with Gasteiger partial charge in [0.1, 0.15) is 11.4 Å². The van der Waals surface area contributed by atoms with Crippen molar-refractivity contribution in [2.75, 3.05) is 13.6 Å². The second-order valence-corrected chi connectivity index (χ2v) is 8.86. The Hall–Kier alpha value is -1.35. The van der Waals surface area contributed by atoms with Gasteiger partial charge in [0.25, 0.3) is 0 Å². The molecule has 0 saturated heterocycles. The molecule has 0 bridgehead atoms. The smallest absolute Gasteiger partial charge is 0.191 e. The van der Waals surface area contributed by atoms with E-state index in [1.165, 1.54) is 23.3 Å². The molecule has 1 fully saturated rings. The Kier molecular flexibility index (Phi) is 7.20. The van der Waals surface area contributed by atoms with Crippen molar-refractivity contribution in [3.8, 4) is 5.75 Å². The lowest BCUT2D eigenvalue weighted by molar-refractivity contribution is 0.0396. The molecule has 0 radical (unpaired) electrons. The van der Waals surface area contributed by atoms with Gasteiger partial charge in [-0.1, -0.05) is 18.2 Å². The lowest BCUT2D eigenvalue weighted by Gasteiger charge is -2.40. The van der Waals surface area contributed by atoms with Crippen LogP contribution in [-0.2, 0) is 6.42 Å². The molecule has 1 aromatic heterocycles. The maximum atomic E-state index is 6.46. The fourth-order valence-corrected chi connectivity index (χ4v) is 5.02. The molecule has 28 heavy (non-hydrogen) atoms. The van der Waals surface area contributed by atoms with Crippen LogP contribution in [0.25, 0.3) is 0 Å². The number of guanidine groups is 1. The number of aromatic nitrogens is 1. The van der Waals surface area contributed by atoms with Crippen LogP contribution >= 0.6 is 35.3 Å². The quantitative estimate of drug-likeness (QED) is 0.357. The van der Waals surface area contributed by atoms with Crippen molar-refractivity contribution in [1.29, 1.82) is 0 Å². The van der Waals surface area contributed by atoms with Crippen LogP contribution in [0.5, 0.6) is 5.75 Å². The highest BCUT2D eigenvalue weighted by Gasteiger charge is 2.43. The predicted octanol–water partition coefficient (Wildman–Crippen LogP) is 4.61. The fourth-order valence-electron chi connectivity index (χ4n) is 4.24. The molecule has 2 N–H and O–H groups in total. The van der Waals surface area contributed by atoms with Gasteiger partial charge < -0.3 is 15.4 Å². The Balaban J connectivity index is 0.00000225. The van der Waals surface area contributed by atoms with Crippen LogP contribution in [0, 0.1) is 6.92 Å². The van der Waals surface area contributed by atoms with Crippen LogP contribution < -0.4 is 15.4 Å². The highest BCUT2D eigenvalue weighted by atomic mass is 127. The molecule has 2 heterocycles. The van der Waals surface area contributed by atoms with Gasteiger partial charge in [-0.2, -0.15) is 0 Å². The zero-order valence-corrected chi connectivity index (χ0v) is 19.7. The van der Waals surface area contributed by atoms with Crippen LogP contribution in [0.4, 0.5) is 0 Å². The molecule has 2 aromatic rings. The Morgan fingerprint density at radius 3 is 2.82 bits per heavy atom. The number of thiazole rings is 1. The molecular weight excluding hydrogens is 483 g/mol. The number of benzene rings is 1. The van der Waals surface area contributed by atoms with Crippen molar-refractivity contribution in [1.82, 2.24) is 15.6 Å². The summed E-state index contributed by atoms with van der Waals surface area (Å²) < 4.78 is 6.46. The van der Waals surface area contributed by atoms with Crippen LogP contribution in [0.15, 0.2) is 35.5 Å². The summed E-state index contributed by atoms with van der Waals surface area (Å²) >= 11 is 1.76. The predicted molar refractivity (Wildman–Crippen MR) is 126 cm³/mol. The molecule has 7 heteroatoms. The zero-order valence-electron chi connectivity index (χ0n) is 16.5. The second kappa shape index (κ2) is 9.43. The van der Waals surface area contributed by atoms with E-state index in [1.807, 2.05) is 13.2 Å². The van der Waals surface area contributed by atoms with Crippen LogP contribution in [0.1, 0.15) is 53.6 Å². The minimum atomic E-state index is -0.0106. The van der Waals surface area contributed by atoms with E-state index >= 15 is 0 Å². The molecule has 1 aliphatic heterocycles. The normalized spacial score (nSPS) is 20.2. The second-order valence-electron chi connectivity index (χ2n) is 7.54. The first-order valence-electron chi connectivity index (χ1n) is 9.84. The van der Waals surface area contributed by atoms with E-state index in [4.69, 9.17) is 4.74 Å². The van der Waals surface area contributed by atoms with Gasteiger partial charge in [0, 0.05) is 43.1 Å². The van der Waals surface area contributed by atoms with Gasteiger partial charge in [-0.3, -0.25) is 4.99 Å². The van der Waals surface area contributed by atoms with E-state index < -0.39 is 0 Å². The summed E-state index contributed by atoms with van der Waals surface area (Å²) in [7, 11) is 1.83. The maximum Gasteiger partial charge on any atom is 0.191 e. The average Bonchev–Trinajstić information content (AvgIpc) is 3.29. The molecule has 5 nitrogen and oxygen atoms in total. The highest BCUT2D eigenvalue weighted by Crippen LogP contribution is 2.46. The zero-order chi connectivity index (χ0) is 18.7. The number of nitrogens with zero attached hydrogens (tertiary/aromatic N) is 2. The van der Waals surface area contributed by atoms with Gasteiger partial charge >= 0.3 is 0 Å². The summed E-state index contributed by atoms with van der Waals surface area (Å²) in [5.74, 6) is 1.87. The molecule has 1 unspecified atom stereocenters. The molecule has 1 atom stereocenters. The van der Waals surface area contributed by atoms with Gasteiger partial charge in [0.05, 0.1) is 11.0 Å². The molecule has 1 aliphatic carbocycles. The maximum absolute atomic E-state index is 6.46. The van der Waals surface area contributed by atoms with Gasteiger partial charge in [-0.25, -0.2) is 4.98 Å². The fraction of sp³-hybridized carbons (Fsp3) is 0.524. The number of rotatable bonds is 4. The summed E-state index contributed by atoms with van der Waals surface area (Å²) in [5.41, 5.74) is 1.22. The molecule has 1 aromatic carbocycles. The third-order valence-electron chi connectivity index (χ3n) is 5.55. The van der Waals surface area contributed by atoms with Crippen molar-refractivity contribution < 1.29 is 4.74 Å². The lowest BCUT2D eigenvalue weighted by Crippen LogP contribution is -2.47. The van der Waals surface area contributed by atoms with Crippen LogP contribution in [0.2, 0.25) is 0 Å². The number of hydrogen-bond acceptors (Lipinski definition) is 4. The molecule has 1 spiro atoms. The Labute approximate surface area is 188 Å². The van der Waals surface area contributed by atoms with Crippen molar-refractivity contribution in [2.45, 2.75) is 57.1 Å². The summed E-state index contributed by atoms with van der Waals surface area (Å²) in [5, 5.41) is 8.26. The molecule has 4 rings (SSSR count). The Morgan fingerprint density at radius 1 is 1.32 bits per heavy atom. The van der Waals surface area contributed by atoms with Crippen LogP contribution in [-0.4, -0.2) is 30.1 Å². The number of ether oxygens (including phenoxy) is 1. The Morgan fingerprint density at radius 2 is 2.11 bits per heavy atom. The number of aryl methyl sites for hydroxylation is 1. The van der Waals surface area contributed by atoms with E-state index in [1.54, 1.807) is 11.3 Å². The van der Waals surface area contributed by atoms with E-state index in [0.717, 1.165) is 48.9 Å². The van der Waals surface area contributed by atoms with E-state index in [-0.39, 0.29) is 35.6 Å². The molecule has 0 amide bonds. The summed E-state index contributed by atoms with van der Waals surface area (Å²) in [4.78, 5) is 10.1. The molecular formula is C21H29IN4OS. The molecule has 152 valence electrons. The van der Waals surface area contributed by atoms with Gasteiger partial charge in [0.15, 0.2) is 5.96 Å². The lowest BCUT2D eigenvalue weighted by atomic mass is 9.86. The van der Waals surface area contributed by atoms with Gasteiger partial charge in [0.2, 0.25) is 0 Å². The minimum absolute atomic E-state index is 0. The summed E-state index contributed by atoms with van der Waals surface area (Å²) in [6, 6.07) is 8.64. The van der Waals surface area contributed by atoms with Crippen molar-refractivity contribution in [3.05, 3.63) is 45.9 Å². The summed E-state index contributed by atoms with van der Waals surface area (Å²) in [6.07, 6.45) is 8.66. The first kappa shape index (κ1) is 21.4. The van der Waals surface area contributed by atoms with E-state index in [9.17, 15) is 0 Å². The number of fused-ring (bicyclic) bond motifs is 1. The van der Waals surface area contributed by atoms with Crippen molar-refractivity contribution >= 4 is 41.3 Å². The average molecular weight is 512 g/mol. The number of hydrogen-bond donors (Lipinski definition) is 2. The number of halogens is 1. The SMILES string of the molecule is CN=C(NCCc1ncc(C)s1)NC1CC2(CCCC2)Oc2ccccc21.I. The summed E-state index contributed by atoms with van der Waals surface area (Å²) in [6.45, 7) is 2.92. The first-order chi connectivity index (χ1) is 13.2. The first-order valence-corrected chi connectivity index (χ1v) is 10.7. The standard InChI is InChI=1S/C21H28N4OS.HI/c1-15-14-24-19(27-15)9-12-23-20(22-2)25-17-13-21(10-5-6-11-21)26-18-8-4-3-7-16(17)18;/h3-4,7-8,14,17H,5-6,9-13H2,1-2H3,(H2,22,23,25);1H. The Bertz CT molecular complexity index is 816. The highest BCUT2D eigenvalue weighted by molar-refractivity contribution is 14.0. The largest absolute Gasteiger partial charge is 0.487 e. The van der Waals surface area contributed by atoms with Crippen LogP contribution in [0.3, 0.4) is 0 Å². The monoisotopic (exact) mass is 512 g/mol. The number of aliphatic imine (C=N–C) groups is 1. The number of para-hydroxylation sites is 1. The van der Waals surface area contributed by atoms with Crippen molar-refractivity contribution in [3.63, 3.8) is 0 Å². The van der Waals surface area contributed by atoms with E-state index in [2.05, 4.69) is 51.8 Å².